The van der Waals surface area contributed by atoms with Gasteiger partial charge in [-0.3, -0.25) is 4.79 Å². The van der Waals surface area contributed by atoms with Crippen LogP contribution in [0.3, 0.4) is 0 Å². The summed E-state index contributed by atoms with van der Waals surface area (Å²) >= 11 is 0. The van der Waals surface area contributed by atoms with Gasteiger partial charge in [0.15, 0.2) is 0 Å². The van der Waals surface area contributed by atoms with E-state index in [1.54, 1.807) is 0 Å². The van der Waals surface area contributed by atoms with E-state index < -0.39 is 0 Å². The maximum absolute atomic E-state index is 12.3. The molecule has 3 N–H and O–H groups in total. The molecule has 0 aromatic rings. The Morgan fingerprint density at radius 3 is 2.35 bits per heavy atom. The molecule has 4 fully saturated rings. The topological polar surface area (TPSA) is 55.1 Å². The van der Waals surface area contributed by atoms with Crippen molar-refractivity contribution in [2.45, 2.75) is 38.1 Å². The van der Waals surface area contributed by atoms with E-state index in [0.29, 0.717) is 24.3 Å². The standard InChI is InChI=1S/C14H22N2O/c15-6-10(7-1-2-7)16-14(17)13-11-8-3-4-9(5-8)12(11)13/h7-13H,1-6,15H2,(H,16,17). The van der Waals surface area contributed by atoms with Crippen LogP contribution in [0.1, 0.15) is 32.1 Å². The van der Waals surface area contributed by atoms with Crippen LogP contribution in [0.4, 0.5) is 0 Å². The molecule has 0 aromatic heterocycles. The number of carbonyl (C=O) groups excluding carboxylic acids is 1. The first-order valence-electron chi connectivity index (χ1n) is 7.30. The average Bonchev–Trinajstić information content (AvgIpc) is 3.24. The zero-order chi connectivity index (χ0) is 11.6. The summed E-state index contributed by atoms with van der Waals surface area (Å²) in [6.07, 6.45) is 6.70. The van der Waals surface area contributed by atoms with E-state index in [4.69, 9.17) is 5.73 Å². The number of carbonyl (C=O) groups is 1. The number of hydrogen-bond acceptors (Lipinski definition) is 2. The van der Waals surface area contributed by atoms with Crippen molar-refractivity contribution in [3.8, 4) is 0 Å². The number of hydrogen-bond donors (Lipinski definition) is 2. The van der Waals surface area contributed by atoms with Gasteiger partial charge < -0.3 is 11.1 Å². The number of nitrogens with two attached hydrogens (primary N) is 1. The Kier molecular flexibility index (Phi) is 2.11. The SMILES string of the molecule is NCC(NC(=O)C1C2C3CCC(C3)C12)C1CC1. The molecule has 17 heavy (non-hydrogen) atoms. The van der Waals surface area contributed by atoms with Crippen molar-refractivity contribution in [2.24, 2.45) is 41.2 Å². The lowest BCUT2D eigenvalue weighted by Gasteiger charge is -2.17. The zero-order valence-electron chi connectivity index (χ0n) is 10.3. The fourth-order valence-corrected chi connectivity index (χ4v) is 4.82. The molecular weight excluding hydrogens is 212 g/mol. The number of rotatable bonds is 4. The summed E-state index contributed by atoms with van der Waals surface area (Å²) in [5, 5.41) is 3.22. The third-order valence-corrected chi connectivity index (χ3v) is 5.81. The summed E-state index contributed by atoms with van der Waals surface area (Å²) in [4.78, 5) is 12.3. The van der Waals surface area contributed by atoms with E-state index in [2.05, 4.69) is 5.32 Å². The second kappa shape index (κ2) is 3.47. The van der Waals surface area contributed by atoms with Crippen LogP contribution in [0.15, 0.2) is 0 Å². The van der Waals surface area contributed by atoms with Crippen molar-refractivity contribution in [2.75, 3.05) is 6.54 Å². The van der Waals surface area contributed by atoms with E-state index in [9.17, 15) is 4.79 Å². The molecule has 1 amide bonds. The molecule has 3 nitrogen and oxygen atoms in total. The lowest BCUT2D eigenvalue weighted by atomic mass is 10.0. The van der Waals surface area contributed by atoms with Crippen LogP contribution in [-0.2, 0) is 4.79 Å². The van der Waals surface area contributed by atoms with E-state index in [1.165, 1.54) is 32.1 Å². The molecular formula is C14H22N2O. The van der Waals surface area contributed by atoms with Gasteiger partial charge in [0.2, 0.25) is 5.91 Å². The smallest absolute Gasteiger partial charge is 0.223 e. The van der Waals surface area contributed by atoms with Gasteiger partial charge in [-0.25, -0.2) is 0 Å². The number of fused-ring (bicyclic) bond motifs is 5. The van der Waals surface area contributed by atoms with Gasteiger partial charge in [0, 0.05) is 18.5 Å². The predicted molar refractivity (Wildman–Crippen MR) is 65.0 cm³/mol. The predicted octanol–water partition coefficient (Wildman–Crippen LogP) is 1.13. The highest BCUT2D eigenvalue weighted by Gasteiger charge is 2.67. The van der Waals surface area contributed by atoms with E-state index >= 15 is 0 Å². The van der Waals surface area contributed by atoms with Gasteiger partial charge in [0.25, 0.3) is 0 Å². The maximum atomic E-state index is 12.3. The maximum Gasteiger partial charge on any atom is 0.223 e. The molecule has 2 bridgehead atoms. The Balaban J connectivity index is 1.39. The van der Waals surface area contributed by atoms with Crippen molar-refractivity contribution in [1.29, 1.82) is 0 Å². The first-order chi connectivity index (χ1) is 8.29. The van der Waals surface area contributed by atoms with Crippen molar-refractivity contribution in [3.05, 3.63) is 0 Å². The van der Waals surface area contributed by atoms with Crippen LogP contribution < -0.4 is 11.1 Å². The van der Waals surface area contributed by atoms with Gasteiger partial charge in [-0.05, 0) is 61.7 Å². The molecule has 0 spiro atoms. The van der Waals surface area contributed by atoms with Gasteiger partial charge in [-0.15, -0.1) is 0 Å². The monoisotopic (exact) mass is 234 g/mol. The second-order valence-corrected chi connectivity index (χ2v) is 6.70. The van der Waals surface area contributed by atoms with Gasteiger partial charge in [0.05, 0.1) is 0 Å². The zero-order valence-corrected chi connectivity index (χ0v) is 10.3. The van der Waals surface area contributed by atoms with Crippen molar-refractivity contribution in [1.82, 2.24) is 5.32 Å². The third-order valence-electron chi connectivity index (χ3n) is 5.81. The molecule has 94 valence electrons. The molecule has 5 unspecified atom stereocenters. The molecule has 5 atom stereocenters. The van der Waals surface area contributed by atoms with E-state index in [1.807, 2.05) is 0 Å². The minimum Gasteiger partial charge on any atom is -0.352 e. The molecule has 4 aliphatic carbocycles. The van der Waals surface area contributed by atoms with Crippen LogP contribution in [-0.4, -0.2) is 18.5 Å². The van der Waals surface area contributed by atoms with Crippen LogP contribution in [0.2, 0.25) is 0 Å². The van der Waals surface area contributed by atoms with Gasteiger partial charge in [-0.2, -0.15) is 0 Å². The Labute approximate surface area is 103 Å². The molecule has 0 radical (unpaired) electrons. The molecule has 0 saturated heterocycles. The molecule has 0 aliphatic heterocycles. The Hall–Kier alpha value is -0.570. The summed E-state index contributed by atoms with van der Waals surface area (Å²) in [6.45, 7) is 0.616. The molecule has 4 rings (SSSR count). The quantitative estimate of drug-likeness (QED) is 0.766. The first kappa shape index (κ1) is 10.4. The van der Waals surface area contributed by atoms with Gasteiger partial charge >= 0.3 is 0 Å². The lowest BCUT2D eigenvalue weighted by Crippen LogP contribution is -2.43. The van der Waals surface area contributed by atoms with Crippen LogP contribution in [0, 0.1) is 35.5 Å². The normalized spacial score (nSPS) is 47.7. The summed E-state index contributed by atoms with van der Waals surface area (Å²) in [5.74, 6) is 4.67. The van der Waals surface area contributed by atoms with Gasteiger partial charge in [-0.1, -0.05) is 0 Å². The van der Waals surface area contributed by atoms with Crippen molar-refractivity contribution < 1.29 is 4.79 Å². The largest absolute Gasteiger partial charge is 0.352 e. The summed E-state index contributed by atoms with van der Waals surface area (Å²) in [5.41, 5.74) is 5.75. The van der Waals surface area contributed by atoms with E-state index in [0.717, 1.165) is 23.7 Å². The Morgan fingerprint density at radius 1 is 1.18 bits per heavy atom. The second-order valence-electron chi connectivity index (χ2n) is 6.70. The summed E-state index contributed by atoms with van der Waals surface area (Å²) in [7, 11) is 0. The minimum absolute atomic E-state index is 0.265. The third kappa shape index (κ3) is 1.48. The lowest BCUT2D eigenvalue weighted by molar-refractivity contribution is -0.124. The summed E-state index contributed by atoms with van der Waals surface area (Å²) in [6, 6.07) is 0.265. The highest BCUT2D eigenvalue weighted by molar-refractivity contribution is 5.83. The fourth-order valence-electron chi connectivity index (χ4n) is 4.82. The van der Waals surface area contributed by atoms with E-state index in [-0.39, 0.29) is 6.04 Å². The average molecular weight is 234 g/mol. The number of amides is 1. The van der Waals surface area contributed by atoms with Crippen molar-refractivity contribution in [3.63, 3.8) is 0 Å². The summed E-state index contributed by atoms with van der Waals surface area (Å²) < 4.78 is 0. The Bertz CT molecular complexity index is 336. The molecule has 0 heterocycles. The highest BCUT2D eigenvalue weighted by Crippen LogP contribution is 2.69. The van der Waals surface area contributed by atoms with Gasteiger partial charge in [0.1, 0.15) is 0 Å². The van der Waals surface area contributed by atoms with Crippen LogP contribution in [0.5, 0.6) is 0 Å². The Morgan fingerprint density at radius 2 is 1.82 bits per heavy atom. The first-order valence-corrected chi connectivity index (χ1v) is 7.30. The minimum atomic E-state index is 0.265. The van der Waals surface area contributed by atoms with Crippen LogP contribution >= 0.6 is 0 Å². The molecule has 4 aliphatic rings. The number of nitrogens with one attached hydrogen (secondary N) is 1. The molecule has 4 saturated carbocycles. The molecule has 0 aromatic carbocycles. The van der Waals surface area contributed by atoms with Crippen LogP contribution in [0.25, 0.3) is 0 Å². The fraction of sp³-hybridized carbons (Fsp3) is 0.929. The van der Waals surface area contributed by atoms with Crippen molar-refractivity contribution >= 4 is 5.91 Å². The highest BCUT2D eigenvalue weighted by atomic mass is 16.2. The molecule has 3 heteroatoms.